The Balaban J connectivity index is 2.42. The third kappa shape index (κ3) is 1.26. The molecule has 0 spiro atoms. The molecule has 1 aliphatic rings. The summed E-state index contributed by atoms with van der Waals surface area (Å²) in [6.07, 6.45) is 0. The van der Waals surface area contributed by atoms with Gasteiger partial charge in [-0.05, 0) is 23.3 Å². The van der Waals surface area contributed by atoms with E-state index in [1.165, 1.54) is 6.07 Å². The van der Waals surface area contributed by atoms with Gasteiger partial charge in [0.1, 0.15) is 0 Å². The normalized spacial score (nSPS) is 20.3. The van der Waals surface area contributed by atoms with Crippen molar-refractivity contribution in [2.75, 3.05) is 0 Å². The van der Waals surface area contributed by atoms with Gasteiger partial charge in [0.2, 0.25) is 5.60 Å². The topological polar surface area (TPSA) is 57.5 Å². The Bertz CT molecular complexity index is 666. The van der Waals surface area contributed by atoms with E-state index in [1.54, 1.807) is 30.3 Å². The molecule has 0 fully saturated rings. The summed E-state index contributed by atoms with van der Waals surface area (Å²) in [5.74, 6) is -1.30. The maximum Gasteiger partial charge on any atom is 0.345 e. The molecule has 3 rings (SSSR count). The molecule has 1 atom stereocenters. The number of aliphatic carboxylic acids is 1. The van der Waals surface area contributed by atoms with E-state index in [0.29, 0.717) is 21.7 Å². The van der Waals surface area contributed by atoms with Crippen LogP contribution in [0.25, 0.3) is 11.1 Å². The quantitative estimate of drug-likeness (QED) is 0.829. The molecular weight excluding hydrogens is 252 g/mol. The van der Waals surface area contributed by atoms with Crippen molar-refractivity contribution in [3.63, 3.8) is 0 Å². The summed E-state index contributed by atoms with van der Waals surface area (Å²) in [6, 6.07) is 11.9. The van der Waals surface area contributed by atoms with Gasteiger partial charge in [0.05, 0.1) is 0 Å². The maximum atomic E-state index is 11.5. The first-order valence-electron chi connectivity index (χ1n) is 5.41. The van der Waals surface area contributed by atoms with E-state index in [1.807, 2.05) is 6.07 Å². The lowest BCUT2D eigenvalue weighted by Gasteiger charge is -2.20. The predicted octanol–water partition coefficient (Wildman–Crippen LogP) is 2.64. The largest absolute Gasteiger partial charge is 0.479 e. The minimum absolute atomic E-state index is 0.323. The summed E-state index contributed by atoms with van der Waals surface area (Å²) in [4.78, 5) is 11.5. The highest BCUT2D eigenvalue weighted by Crippen LogP contribution is 2.48. The molecule has 2 aromatic rings. The molecule has 0 bridgehead atoms. The van der Waals surface area contributed by atoms with Crippen molar-refractivity contribution in [2.24, 2.45) is 0 Å². The smallest absolute Gasteiger partial charge is 0.345 e. The summed E-state index contributed by atoms with van der Waals surface area (Å²) in [7, 11) is 0. The number of carboxylic acids is 1. The van der Waals surface area contributed by atoms with Gasteiger partial charge in [0.25, 0.3) is 0 Å². The SMILES string of the molecule is O=C(O)[C@]1(O)c2ccccc2-c2ccc(Cl)cc21. The summed E-state index contributed by atoms with van der Waals surface area (Å²) in [6.45, 7) is 0. The van der Waals surface area contributed by atoms with Gasteiger partial charge in [-0.2, -0.15) is 0 Å². The number of carboxylic acid groups (broad SMARTS) is 1. The number of rotatable bonds is 1. The van der Waals surface area contributed by atoms with E-state index in [4.69, 9.17) is 11.6 Å². The van der Waals surface area contributed by atoms with E-state index in [-0.39, 0.29) is 0 Å². The van der Waals surface area contributed by atoms with Gasteiger partial charge in [0.15, 0.2) is 0 Å². The van der Waals surface area contributed by atoms with Crippen molar-refractivity contribution in [3.8, 4) is 11.1 Å². The second-order valence-electron chi connectivity index (χ2n) is 4.25. The van der Waals surface area contributed by atoms with Gasteiger partial charge >= 0.3 is 5.97 Å². The lowest BCUT2D eigenvalue weighted by Crippen LogP contribution is -2.34. The zero-order valence-corrected chi connectivity index (χ0v) is 9.98. The molecule has 0 amide bonds. The third-order valence-electron chi connectivity index (χ3n) is 3.29. The third-order valence-corrected chi connectivity index (χ3v) is 3.52. The molecular formula is C14H9ClO3. The van der Waals surface area contributed by atoms with Crippen LogP contribution in [0.4, 0.5) is 0 Å². The van der Waals surface area contributed by atoms with E-state index in [2.05, 4.69) is 0 Å². The van der Waals surface area contributed by atoms with Crippen LogP contribution in [0.5, 0.6) is 0 Å². The Labute approximate surface area is 108 Å². The zero-order valence-electron chi connectivity index (χ0n) is 9.22. The second-order valence-corrected chi connectivity index (χ2v) is 4.69. The van der Waals surface area contributed by atoms with Gasteiger partial charge in [0, 0.05) is 16.1 Å². The maximum absolute atomic E-state index is 11.5. The van der Waals surface area contributed by atoms with Crippen molar-refractivity contribution in [1.82, 2.24) is 0 Å². The first-order chi connectivity index (χ1) is 8.55. The van der Waals surface area contributed by atoms with Crippen LogP contribution in [0.15, 0.2) is 42.5 Å². The molecule has 0 aliphatic heterocycles. The van der Waals surface area contributed by atoms with Gasteiger partial charge in [-0.25, -0.2) is 4.79 Å². The number of aliphatic hydroxyl groups is 1. The number of carbonyl (C=O) groups is 1. The van der Waals surface area contributed by atoms with Gasteiger partial charge in [-0.3, -0.25) is 0 Å². The van der Waals surface area contributed by atoms with Crippen LogP contribution in [-0.4, -0.2) is 16.2 Å². The zero-order chi connectivity index (χ0) is 12.9. The molecule has 0 heterocycles. The van der Waals surface area contributed by atoms with E-state index in [0.717, 1.165) is 5.56 Å². The fourth-order valence-electron chi connectivity index (χ4n) is 2.46. The number of fused-ring (bicyclic) bond motifs is 3. The number of halogens is 1. The Morgan fingerprint density at radius 1 is 1.06 bits per heavy atom. The van der Waals surface area contributed by atoms with Crippen molar-refractivity contribution >= 4 is 17.6 Å². The highest BCUT2D eigenvalue weighted by atomic mass is 35.5. The molecule has 0 saturated heterocycles. The van der Waals surface area contributed by atoms with Crippen LogP contribution in [0.2, 0.25) is 5.02 Å². The second kappa shape index (κ2) is 3.57. The molecule has 3 nitrogen and oxygen atoms in total. The molecule has 0 unspecified atom stereocenters. The molecule has 2 aromatic carbocycles. The summed E-state index contributed by atoms with van der Waals surface area (Å²) < 4.78 is 0. The lowest BCUT2D eigenvalue weighted by molar-refractivity contribution is -0.154. The van der Waals surface area contributed by atoms with E-state index < -0.39 is 11.6 Å². The summed E-state index contributed by atoms with van der Waals surface area (Å²) >= 11 is 5.89. The van der Waals surface area contributed by atoms with Gasteiger partial charge in [-0.15, -0.1) is 0 Å². The van der Waals surface area contributed by atoms with Crippen LogP contribution < -0.4 is 0 Å². The van der Waals surface area contributed by atoms with Crippen LogP contribution in [0.3, 0.4) is 0 Å². The molecule has 0 radical (unpaired) electrons. The van der Waals surface area contributed by atoms with Crippen molar-refractivity contribution in [2.45, 2.75) is 5.60 Å². The molecule has 4 heteroatoms. The highest BCUT2D eigenvalue weighted by molar-refractivity contribution is 6.30. The Hall–Kier alpha value is -1.84. The van der Waals surface area contributed by atoms with Crippen molar-refractivity contribution in [1.29, 1.82) is 0 Å². The predicted molar refractivity (Wildman–Crippen MR) is 67.5 cm³/mol. The van der Waals surface area contributed by atoms with Gasteiger partial charge < -0.3 is 10.2 Å². The fraction of sp³-hybridized carbons (Fsp3) is 0.0714. The fourth-order valence-corrected chi connectivity index (χ4v) is 2.63. The van der Waals surface area contributed by atoms with Crippen LogP contribution in [-0.2, 0) is 10.4 Å². The summed E-state index contributed by atoms with van der Waals surface area (Å²) in [5, 5.41) is 20.3. The minimum Gasteiger partial charge on any atom is -0.479 e. The van der Waals surface area contributed by atoms with Crippen LogP contribution >= 0.6 is 11.6 Å². The first kappa shape index (κ1) is 11.3. The van der Waals surface area contributed by atoms with Crippen molar-refractivity contribution < 1.29 is 15.0 Å². The Kier molecular flexibility index (Phi) is 2.24. The van der Waals surface area contributed by atoms with E-state index >= 15 is 0 Å². The standard InChI is InChI=1S/C14H9ClO3/c15-8-5-6-10-9-3-1-2-4-11(9)14(18,13(16)17)12(10)7-8/h1-7,18H,(H,16,17)/t14-/m0/s1. The lowest BCUT2D eigenvalue weighted by atomic mass is 9.92. The molecule has 0 aromatic heterocycles. The monoisotopic (exact) mass is 260 g/mol. The number of hydrogen-bond donors (Lipinski definition) is 2. The minimum atomic E-state index is -2.02. The van der Waals surface area contributed by atoms with E-state index in [9.17, 15) is 15.0 Å². The van der Waals surface area contributed by atoms with Crippen LogP contribution in [0.1, 0.15) is 11.1 Å². The highest BCUT2D eigenvalue weighted by Gasteiger charge is 2.48. The molecule has 0 saturated carbocycles. The van der Waals surface area contributed by atoms with Crippen LogP contribution in [0, 0.1) is 0 Å². The number of benzene rings is 2. The number of hydrogen-bond acceptors (Lipinski definition) is 2. The molecule has 18 heavy (non-hydrogen) atoms. The molecule has 90 valence electrons. The average molecular weight is 261 g/mol. The average Bonchev–Trinajstić information content (AvgIpc) is 2.61. The molecule has 1 aliphatic carbocycles. The Morgan fingerprint density at radius 3 is 2.44 bits per heavy atom. The van der Waals surface area contributed by atoms with Gasteiger partial charge in [-0.1, -0.05) is 41.9 Å². The van der Waals surface area contributed by atoms with Crippen molar-refractivity contribution in [3.05, 3.63) is 58.6 Å². The first-order valence-corrected chi connectivity index (χ1v) is 5.78. The summed E-state index contributed by atoms with van der Waals surface area (Å²) in [5.41, 5.74) is 0.129. The molecule has 2 N–H and O–H groups in total. The Morgan fingerprint density at radius 2 is 1.72 bits per heavy atom.